The predicted molar refractivity (Wildman–Crippen MR) is 238 cm³/mol. The summed E-state index contributed by atoms with van der Waals surface area (Å²) in [5.41, 5.74) is 0. The van der Waals surface area contributed by atoms with Gasteiger partial charge in [0.05, 0.1) is 12.1 Å². The molecule has 0 bridgehead atoms. The predicted octanol–water partition coefficient (Wildman–Crippen LogP) is 16.8. The van der Waals surface area contributed by atoms with Crippen LogP contribution in [0.3, 0.4) is 0 Å². The molecule has 0 aliphatic heterocycles. The molecule has 0 aromatic rings. The van der Waals surface area contributed by atoms with Crippen molar-refractivity contribution in [1.29, 1.82) is 10.5 Å². The van der Waals surface area contributed by atoms with Crippen LogP contribution in [0.5, 0.6) is 0 Å². The van der Waals surface area contributed by atoms with Crippen molar-refractivity contribution < 1.29 is 0 Å². The summed E-state index contributed by atoms with van der Waals surface area (Å²) in [6, 6.07) is 3.40. The Hall–Kier alpha value is -3.88. The van der Waals surface area contributed by atoms with Gasteiger partial charge in [0.2, 0.25) is 6.04 Å². The van der Waals surface area contributed by atoms with Gasteiger partial charge in [-0.25, -0.2) is 6.57 Å². The monoisotopic (exact) mass is 724 g/mol. The first-order chi connectivity index (χ1) is 25.1. The molecule has 6 heteroatoms. The summed E-state index contributed by atoms with van der Waals surface area (Å²) in [4.78, 5) is 9.88. The number of allylic oxidation sites excluding steroid dienone is 2. The van der Waals surface area contributed by atoms with Crippen LogP contribution in [0.25, 0.3) is 19.9 Å². The summed E-state index contributed by atoms with van der Waals surface area (Å²) in [7, 11) is 0. The summed E-state index contributed by atoms with van der Waals surface area (Å²) in [6.07, 6.45) is 18.7. The van der Waals surface area contributed by atoms with Crippen molar-refractivity contribution in [2.75, 3.05) is 0 Å². The highest BCUT2D eigenvalue weighted by Crippen LogP contribution is 2.17. The zero-order chi connectivity index (χ0) is 43.3. The van der Waals surface area contributed by atoms with Gasteiger partial charge in [0.25, 0.3) is 0 Å². The van der Waals surface area contributed by atoms with E-state index in [4.69, 9.17) is 35.6 Å². The number of nitriles is 2. The molecule has 0 aliphatic carbocycles. The third kappa shape index (κ3) is 128. The number of hydrogen-bond donors (Lipinski definition) is 0. The first-order valence-corrected chi connectivity index (χ1v) is 20.1. The van der Waals surface area contributed by atoms with Crippen LogP contribution in [-0.4, -0.2) is 11.9 Å². The number of nitrogens with zero attached hydrogens (tertiary/aromatic N) is 6. The van der Waals surface area contributed by atoms with E-state index in [0.29, 0.717) is 24.2 Å². The highest BCUT2D eigenvalue weighted by atomic mass is 14.7. The standard InChI is InChI=1S/C11H17N2.2C8H14N.C5H12.2C3H3N.4C2H6/c1-4-6-10(2)9-11(13-3)7-5-8-12;2*1-4-5-8(2)6-7-9-3;1-3-5-4-2;2*1-2-3-4;4*1-2/h5,10-11H,4,6-7,9H2,1-2H3;2*7-8H,4-6H2,1-2H3;3-5H2,1-2H3;2*2H,1H2;4*1-2H3/q3*-1;;;;;;;/t10?,11-;;;;;;;;;/m0........./s1. The van der Waals surface area contributed by atoms with E-state index in [9.17, 15) is 0 Å². The normalized spacial score (nSPS) is 9.52. The van der Waals surface area contributed by atoms with E-state index in [1.54, 1.807) is 25.2 Å². The Kier molecular flexibility index (Phi) is 137. The maximum absolute atomic E-state index is 8.34. The van der Waals surface area contributed by atoms with E-state index < -0.39 is 0 Å². The summed E-state index contributed by atoms with van der Waals surface area (Å²) >= 11 is 0. The molecule has 0 aromatic heterocycles. The van der Waals surface area contributed by atoms with E-state index in [2.05, 4.69) is 83.1 Å². The van der Waals surface area contributed by atoms with Gasteiger partial charge < -0.3 is 19.9 Å². The number of hydrogen-bond acceptors (Lipinski definition) is 2. The highest BCUT2D eigenvalue weighted by Gasteiger charge is 2.14. The molecule has 52 heavy (non-hydrogen) atoms. The van der Waals surface area contributed by atoms with Crippen LogP contribution in [-0.2, 0) is 0 Å². The number of unbranched alkanes of at least 4 members (excludes halogenated alkanes) is 2. The molecule has 304 valence electrons. The molecule has 0 saturated heterocycles. The summed E-state index contributed by atoms with van der Waals surface area (Å²) in [6.45, 7) is 63.0. The topological polar surface area (TPSA) is 83.0 Å². The van der Waals surface area contributed by atoms with Crippen molar-refractivity contribution in [3.05, 3.63) is 84.1 Å². The van der Waals surface area contributed by atoms with Crippen LogP contribution in [0.15, 0.2) is 31.4 Å². The summed E-state index contributed by atoms with van der Waals surface area (Å²) in [5.74, 6) is 3.97. The molecule has 0 spiro atoms. The average Bonchev–Trinajstić information content (AvgIpc) is 3.19. The molecule has 0 N–H and O–H groups in total. The van der Waals surface area contributed by atoms with Gasteiger partial charge in [-0.3, -0.25) is 19.0 Å². The molecule has 0 aliphatic rings. The second kappa shape index (κ2) is 97.1. The first kappa shape index (κ1) is 73.5. The molecule has 4 atom stereocenters. The Balaban J connectivity index is -0.0000000509. The molecule has 0 fully saturated rings. The van der Waals surface area contributed by atoms with Crippen LogP contribution >= 0.6 is 0 Å². The highest BCUT2D eigenvalue weighted by molar-refractivity contribution is 5.54. The van der Waals surface area contributed by atoms with Crippen molar-refractivity contribution in [3.8, 4) is 12.1 Å². The Labute approximate surface area is 329 Å². The SMILES string of the molecule is C=CC#N.C=CC#N.CC.CC.CC.CC.CCCCC.[C-]#[N+][C@@H](CC=C=[N-])CC(C)CCC.[C-]#[N+][CH-]CC(C)CCC.[C-]#[N+][CH-]CC(C)CCC. The maximum Gasteiger partial charge on any atom is 0.227 e. The van der Waals surface area contributed by atoms with Gasteiger partial charge in [-0.05, 0) is 19.0 Å². The van der Waals surface area contributed by atoms with Gasteiger partial charge in [0.15, 0.2) is 0 Å². The molecular weight excluding hydrogens is 637 g/mol. The third-order valence-electron chi connectivity index (χ3n) is 5.77. The lowest BCUT2D eigenvalue weighted by Gasteiger charge is -2.09. The molecule has 6 nitrogen and oxygen atoms in total. The largest absolute Gasteiger partial charge is 0.764 e. The molecule has 0 saturated carbocycles. The number of rotatable bonds is 16. The minimum atomic E-state index is 0.0150. The lowest BCUT2D eigenvalue weighted by Crippen LogP contribution is -2.07. The quantitative estimate of drug-likeness (QED) is 0.0902. The Bertz CT molecular complexity index is 793. The van der Waals surface area contributed by atoms with Crippen molar-refractivity contribution in [1.82, 2.24) is 0 Å². The van der Waals surface area contributed by atoms with Crippen molar-refractivity contribution in [3.63, 3.8) is 0 Å². The molecular formula is C46H87N6-3. The molecule has 0 radical (unpaired) electrons. The van der Waals surface area contributed by atoms with E-state index >= 15 is 0 Å². The second-order valence-electron chi connectivity index (χ2n) is 10.4. The average molecular weight is 724 g/mol. The van der Waals surface area contributed by atoms with E-state index in [1.165, 1.54) is 76.0 Å². The molecule has 0 rings (SSSR count). The zero-order valence-corrected chi connectivity index (χ0v) is 37.5. The lowest BCUT2D eigenvalue weighted by atomic mass is 9.96. The second-order valence-corrected chi connectivity index (χ2v) is 10.4. The molecule has 0 aromatic carbocycles. The Morgan fingerprint density at radius 2 is 0.942 bits per heavy atom. The molecule has 3 unspecified atom stereocenters. The fourth-order valence-electron chi connectivity index (χ4n) is 3.51. The van der Waals surface area contributed by atoms with Crippen molar-refractivity contribution in [2.45, 2.75) is 200 Å². The molecule has 0 amide bonds. The summed E-state index contributed by atoms with van der Waals surface area (Å²) < 4.78 is 0. The van der Waals surface area contributed by atoms with Gasteiger partial charge in [-0.1, -0.05) is 212 Å². The lowest BCUT2D eigenvalue weighted by molar-refractivity contribution is 0.459. The fourth-order valence-corrected chi connectivity index (χ4v) is 3.51. The zero-order valence-electron chi connectivity index (χ0n) is 37.5. The van der Waals surface area contributed by atoms with E-state index in [1.807, 2.05) is 61.3 Å². The Morgan fingerprint density at radius 1 is 0.635 bits per heavy atom. The van der Waals surface area contributed by atoms with Gasteiger partial charge in [-0.15, -0.1) is 0 Å². The van der Waals surface area contributed by atoms with Crippen molar-refractivity contribution in [2.24, 2.45) is 17.8 Å². The minimum Gasteiger partial charge on any atom is -0.764 e. The van der Waals surface area contributed by atoms with Gasteiger partial charge in [0.1, 0.15) is 0 Å². The fraction of sp³-hybridized carbons (Fsp3) is 0.717. The third-order valence-corrected chi connectivity index (χ3v) is 5.77. The Morgan fingerprint density at radius 3 is 1.13 bits per heavy atom. The van der Waals surface area contributed by atoms with Crippen LogP contribution in [0.4, 0.5) is 0 Å². The van der Waals surface area contributed by atoms with Crippen molar-refractivity contribution >= 4 is 5.87 Å². The van der Waals surface area contributed by atoms with Gasteiger partial charge >= 0.3 is 0 Å². The van der Waals surface area contributed by atoms with E-state index in [-0.39, 0.29) is 6.04 Å². The maximum atomic E-state index is 8.34. The summed E-state index contributed by atoms with van der Waals surface area (Å²) in [5, 5.41) is 23.4. The van der Waals surface area contributed by atoms with E-state index in [0.717, 1.165) is 19.3 Å². The van der Waals surface area contributed by atoms with Crippen LogP contribution < -0.4 is 0 Å². The van der Waals surface area contributed by atoms with Crippen LogP contribution in [0, 0.1) is 73.2 Å². The minimum absolute atomic E-state index is 0.0150. The van der Waals surface area contributed by atoms with Crippen LogP contribution in [0.2, 0.25) is 0 Å². The molecule has 0 heterocycles. The van der Waals surface area contributed by atoms with Crippen LogP contribution in [0.1, 0.15) is 194 Å². The smallest absolute Gasteiger partial charge is 0.227 e. The van der Waals surface area contributed by atoms with Gasteiger partial charge in [0, 0.05) is 25.0 Å². The van der Waals surface area contributed by atoms with Gasteiger partial charge in [-0.2, -0.15) is 10.5 Å². The first-order valence-electron chi connectivity index (χ1n) is 20.1.